The molecular weight excluding hydrogens is 270 g/mol. The lowest BCUT2D eigenvalue weighted by Crippen LogP contribution is -2.22. The van der Waals surface area contributed by atoms with Crippen LogP contribution in [0.5, 0.6) is 0 Å². The van der Waals surface area contributed by atoms with Crippen LogP contribution in [0.3, 0.4) is 0 Å². The first-order chi connectivity index (χ1) is 9.90. The van der Waals surface area contributed by atoms with Gasteiger partial charge in [-0.15, -0.1) is 0 Å². The number of hydrogen-bond acceptors (Lipinski definition) is 4. The third-order valence-corrected chi connectivity index (χ3v) is 4.20. The van der Waals surface area contributed by atoms with E-state index in [0.717, 1.165) is 24.8 Å². The van der Waals surface area contributed by atoms with Crippen LogP contribution >= 0.6 is 0 Å². The van der Waals surface area contributed by atoms with Crippen LogP contribution in [0.15, 0.2) is 36.4 Å². The van der Waals surface area contributed by atoms with Gasteiger partial charge in [-0.3, -0.25) is 10.1 Å². The summed E-state index contributed by atoms with van der Waals surface area (Å²) >= 11 is 0. The zero-order valence-corrected chi connectivity index (χ0v) is 12.3. The summed E-state index contributed by atoms with van der Waals surface area (Å²) in [7, 11) is 0. The first-order valence-electron chi connectivity index (χ1n) is 7.05. The van der Waals surface area contributed by atoms with Crippen molar-refractivity contribution >= 4 is 11.7 Å². The Kier molecular flexibility index (Phi) is 4.11. The molecular formula is C16H19NO4. The fourth-order valence-electron chi connectivity index (χ4n) is 2.73. The van der Waals surface area contributed by atoms with Crippen molar-refractivity contribution in [2.45, 2.75) is 39.2 Å². The smallest absolute Gasteiger partial charge is 0.334 e. The average molecular weight is 289 g/mol. The van der Waals surface area contributed by atoms with Crippen molar-refractivity contribution in [2.24, 2.45) is 5.41 Å². The van der Waals surface area contributed by atoms with Crippen molar-refractivity contribution in [3.05, 3.63) is 52.1 Å². The molecule has 0 bridgehead atoms. The second-order valence-electron chi connectivity index (χ2n) is 5.63. The van der Waals surface area contributed by atoms with E-state index in [1.54, 1.807) is 12.1 Å². The molecule has 1 aliphatic heterocycles. The molecule has 0 N–H and O–H groups in total. The van der Waals surface area contributed by atoms with Gasteiger partial charge in [0.15, 0.2) is 0 Å². The molecule has 0 aliphatic carbocycles. The summed E-state index contributed by atoms with van der Waals surface area (Å²) < 4.78 is 5.46. The van der Waals surface area contributed by atoms with Crippen molar-refractivity contribution in [3.8, 4) is 0 Å². The molecule has 1 heterocycles. The Morgan fingerprint density at radius 3 is 2.52 bits per heavy atom. The molecule has 112 valence electrons. The quantitative estimate of drug-likeness (QED) is 0.356. The number of hydrogen-bond donors (Lipinski definition) is 0. The molecule has 0 aromatic heterocycles. The Morgan fingerprint density at radius 2 is 2.00 bits per heavy atom. The number of nitrogens with zero attached hydrogens (tertiary/aromatic N) is 1. The molecule has 1 fully saturated rings. The minimum atomic E-state index is -0.455. The highest BCUT2D eigenvalue weighted by atomic mass is 16.6. The fraction of sp³-hybridized carbons (Fsp3) is 0.438. The number of benzene rings is 1. The SMILES string of the molecule is C=C1C(=O)O[C@H](c2ccc([N+](=O)[O-])cc2)[C@]1(C)CCCC. The summed E-state index contributed by atoms with van der Waals surface area (Å²) in [5, 5.41) is 10.7. The van der Waals surface area contributed by atoms with E-state index in [1.165, 1.54) is 12.1 Å². The number of nitro benzene ring substituents is 1. The number of carbonyl (C=O) groups excluding carboxylic acids is 1. The van der Waals surface area contributed by atoms with Crippen molar-refractivity contribution in [2.75, 3.05) is 0 Å². The van der Waals surface area contributed by atoms with Crippen LogP contribution in [-0.4, -0.2) is 10.9 Å². The van der Waals surface area contributed by atoms with Gasteiger partial charge in [0.2, 0.25) is 0 Å². The van der Waals surface area contributed by atoms with Crippen LogP contribution in [0.2, 0.25) is 0 Å². The van der Waals surface area contributed by atoms with Crippen LogP contribution in [0.25, 0.3) is 0 Å². The van der Waals surface area contributed by atoms with Crippen LogP contribution in [0, 0.1) is 15.5 Å². The molecule has 21 heavy (non-hydrogen) atoms. The van der Waals surface area contributed by atoms with Gasteiger partial charge >= 0.3 is 5.97 Å². The molecule has 1 aliphatic rings. The first-order valence-corrected chi connectivity index (χ1v) is 7.05. The number of rotatable bonds is 5. The molecule has 2 atom stereocenters. The molecule has 0 unspecified atom stereocenters. The van der Waals surface area contributed by atoms with Gasteiger partial charge in [0.05, 0.1) is 4.92 Å². The summed E-state index contributed by atoms with van der Waals surface area (Å²) in [5.41, 5.74) is 0.825. The molecule has 0 radical (unpaired) electrons. The fourth-order valence-corrected chi connectivity index (χ4v) is 2.73. The molecule has 1 aromatic rings. The Balaban J connectivity index is 2.33. The van der Waals surface area contributed by atoms with Gasteiger partial charge < -0.3 is 4.74 Å². The van der Waals surface area contributed by atoms with Gasteiger partial charge in [0.1, 0.15) is 6.10 Å². The maximum absolute atomic E-state index is 11.9. The molecule has 0 spiro atoms. The first kappa shape index (κ1) is 15.2. The highest BCUT2D eigenvalue weighted by Crippen LogP contribution is 2.51. The van der Waals surface area contributed by atoms with Gasteiger partial charge in [-0.05, 0) is 24.1 Å². The zero-order chi connectivity index (χ0) is 15.6. The van der Waals surface area contributed by atoms with E-state index in [2.05, 4.69) is 13.5 Å². The van der Waals surface area contributed by atoms with Gasteiger partial charge in [0.25, 0.3) is 5.69 Å². The van der Waals surface area contributed by atoms with Gasteiger partial charge in [-0.25, -0.2) is 4.79 Å². The summed E-state index contributed by atoms with van der Waals surface area (Å²) in [6, 6.07) is 6.17. The third-order valence-electron chi connectivity index (χ3n) is 4.20. The van der Waals surface area contributed by atoms with E-state index in [1.807, 2.05) is 6.92 Å². The van der Waals surface area contributed by atoms with E-state index in [0.29, 0.717) is 5.57 Å². The number of unbranched alkanes of at least 4 members (excludes halogenated alkanes) is 1. The third kappa shape index (κ3) is 2.68. The number of non-ortho nitro benzene ring substituents is 1. The molecule has 2 rings (SSSR count). The van der Waals surface area contributed by atoms with Crippen molar-refractivity contribution in [3.63, 3.8) is 0 Å². The Hall–Kier alpha value is -2.17. The molecule has 5 heteroatoms. The highest BCUT2D eigenvalue weighted by Gasteiger charge is 2.49. The summed E-state index contributed by atoms with van der Waals surface area (Å²) in [6.45, 7) is 7.94. The predicted octanol–water partition coefficient (Wildman–Crippen LogP) is 3.95. The lowest BCUT2D eigenvalue weighted by Gasteiger charge is -2.29. The molecule has 1 aromatic carbocycles. The summed E-state index contributed by atoms with van der Waals surface area (Å²) in [6.07, 6.45) is 2.36. The minimum Gasteiger partial charge on any atom is -0.453 e. The summed E-state index contributed by atoms with van der Waals surface area (Å²) in [4.78, 5) is 22.1. The number of ether oxygens (including phenoxy) is 1. The van der Waals surface area contributed by atoms with E-state index in [-0.39, 0.29) is 11.7 Å². The second kappa shape index (κ2) is 5.68. The highest BCUT2D eigenvalue weighted by molar-refractivity contribution is 5.92. The van der Waals surface area contributed by atoms with E-state index in [4.69, 9.17) is 4.74 Å². The average Bonchev–Trinajstić information content (AvgIpc) is 2.70. The zero-order valence-electron chi connectivity index (χ0n) is 12.3. The standard InChI is InChI=1S/C16H19NO4/c1-4-5-10-16(3)11(2)15(18)21-14(16)12-6-8-13(9-7-12)17(19)20/h6-9,14H,2,4-5,10H2,1,3H3/t14-,16-/m1/s1. The number of carbonyl (C=O) groups is 1. The lowest BCUT2D eigenvalue weighted by atomic mass is 9.73. The van der Waals surface area contributed by atoms with Crippen LogP contribution < -0.4 is 0 Å². The van der Waals surface area contributed by atoms with E-state index in [9.17, 15) is 14.9 Å². The van der Waals surface area contributed by atoms with Gasteiger partial charge in [-0.2, -0.15) is 0 Å². The Labute approximate surface area is 123 Å². The monoisotopic (exact) mass is 289 g/mol. The van der Waals surface area contributed by atoms with E-state index >= 15 is 0 Å². The van der Waals surface area contributed by atoms with Gasteiger partial charge in [0, 0.05) is 23.1 Å². The van der Waals surface area contributed by atoms with Crippen LogP contribution in [-0.2, 0) is 9.53 Å². The van der Waals surface area contributed by atoms with Crippen LogP contribution in [0.4, 0.5) is 5.69 Å². The molecule has 1 saturated heterocycles. The van der Waals surface area contributed by atoms with Crippen LogP contribution in [0.1, 0.15) is 44.8 Å². The van der Waals surface area contributed by atoms with E-state index < -0.39 is 16.4 Å². The molecule has 0 amide bonds. The van der Waals surface area contributed by atoms with Crippen molar-refractivity contribution < 1.29 is 14.5 Å². The van der Waals surface area contributed by atoms with Crippen molar-refractivity contribution in [1.82, 2.24) is 0 Å². The molecule has 5 nitrogen and oxygen atoms in total. The van der Waals surface area contributed by atoms with Gasteiger partial charge in [-0.1, -0.05) is 33.3 Å². The normalized spacial score (nSPS) is 25.0. The minimum absolute atomic E-state index is 0.0251. The predicted molar refractivity (Wildman–Crippen MR) is 78.7 cm³/mol. The Morgan fingerprint density at radius 1 is 1.38 bits per heavy atom. The Bertz CT molecular complexity index is 578. The topological polar surface area (TPSA) is 69.4 Å². The number of nitro groups is 1. The molecule has 0 saturated carbocycles. The largest absolute Gasteiger partial charge is 0.453 e. The summed E-state index contributed by atoms with van der Waals surface area (Å²) in [5.74, 6) is -0.378. The number of cyclic esters (lactones) is 1. The number of esters is 1. The maximum atomic E-state index is 11.9. The maximum Gasteiger partial charge on any atom is 0.334 e. The lowest BCUT2D eigenvalue weighted by molar-refractivity contribution is -0.384. The second-order valence-corrected chi connectivity index (χ2v) is 5.63. The van der Waals surface area contributed by atoms with Crippen molar-refractivity contribution in [1.29, 1.82) is 0 Å².